The molecular weight excluding hydrogens is 419 g/mol. The van der Waals surface area contributed by atoms with Gasteiger partial charge in [-0.2, -0.15) is 0 Å². The fourth-order valence-corrected chi connectivity index (χ4v) is 6.60. The second-order valence-electron chi connectivity index (χ2n) is 10.1. The van der Waals surface area contributed by atoms with Gasteiger partial charge in [-0.3, -0.25) is 14.4 Å². The Balaban J connectivity index is 1.52. The summed E-state index contributed by atoms with van der Waals surface area (Å²) in [5.74, 6) is -0.756. The lowest BCUT2D eigenvalue weighted by Crippen LogP contribution is -2.59. The molecule has 168 valence electrons. The van der Waals surface area contributed by atoms with E-state index in [1.807, 2.05) is 6.92 Å². The van der Waals surface area contributed by atoms with Crippen molar-refractivity contribution in [3.05, 3.63) is 35.6 Å². The number of aliphatic hydroxyl groups is 1. The van der Waals surface area contributed by atoms with E-state index in [2.05, 4.69) is 19.6 Å². The molecule has 1 N–H and O–H groups in total. The number of allylic oxidation sites excluding steroid dienone is 5. The summed E-state index contributed by atoms with van der Waals surface area (Å²) < 4.78 is 21.9. The van der Waals surface area contributed by atoms with E-state index in [-0.39, 0.29) is 23.0 Å². The molecule has 4 aliphatic carbocycles. The van der Waals surface area contributed by atoms with Crippen LogP contribution in [0.3, 0.4) is 0 Å². The first-order chi connectivity index (χ1) is 14.5. The molecule has 0 heterocycles. The number of carbonyl (C=O) groups excluding carboxylic acids is 3. The molecule has 0 radical (unpaired) electrons. The summed E-state index contributed by atoms with van der Waals surface area (Å²) in [6.45, 7) is 4.12. The Hall–Kier alpha value is -1.73. The molecule has 0 amide bonds. The van der Waals surface area contributed by atoms with Crippen molar-refractivity contribution in [3.8, 4) is 0 Å². The van der Waals surface area contributed by atoms with Gasteiger partial charge in [-0.15, -0.1) is 12.6 Å². The Morgan fingerprint density at radius 3 is 2.81 bits per heavy atom. The average molecular weight is 449 g/mol. The van der Waals surface area contributed by atoms with E-state index in [9.17, 15) is 19.5 Å². The monoisotopic (exact) mass is 448 g/mol. The van der Waals surface area contributed by atoms with Gasteiger partial charge in [0, 0.05) is 5.41 Å². The molecule has 7 heteroatoms. The topological polar surface area (TPSA) is 80.7 Å². The van der Waals surface area contributed by atoms with Crippen LogP contribution in [0.4, 0.5) is 4.39 Å². The molecule has 0 aliphatic heterocycles. The normalized spacial score (nSPS) is 41.1. The molecule has 5 nitrogen and oxygen atoms in total. The number of alkyl halides is 1. The maximum absolute atomic E-state index is 16.8. The lowest BCUT2D eigenvalue weighted by molar-refractivity contribution is -0.142. The summed E-state index contributed by atoms with van der Waals surface area (Å²) >= 11 is 3.51. The molecule has 3 fully saturated rings. The number of aliphatic hydroxyl groups excluding tert-OH is 1. The zero-order chi connectivity index (χ0) is 22.6. The largest absolute Gasteiger partial charge is 0.434 e. The molecule has 0 aromatic carbocycles. The van der Waals surface area contributed by atoms with Crippen LogP contribution in [0, 0.1) is 22.7 Å². The van der Waals surface area contributed by atoms with Crippen LogP contribution in [0.2, 0.25) is 0 Å². The number of thiol groups is 1. The van der Waals surface area contributed by atoms with Gasteiger partial charge in [-0.05, 0) is 80.4 Å². The lowest BCUT2D eigenvalue weighted by Gasteiger charge is -2.59. The highest BCUT2D eigenvalue weighted by molar-refractivity contribution is 7.96. The summed E-state index contributed by atoms with van der Waals surface area (Å²) in [6.07, 6.45) is 8.41. The van der Waals surface area contributed by atoms with E-state index >= 15 is 4.39 Å². The number of ether oxygens (including phenoxy) is 1. The minimum Gasteiger partial charge on any atom is -0.434 e. The van der Waals surface area contributed by atoms with Crippen molar-refractivity contribution in [2.45, 2.75) is 70.6 Å². The highest BCUT2D eigenvalue weighted by Gasteiger charge is 2.65. The minimum atomic E-state index is -1.48. The summed E-state index contributed by atoms with van der Waals surface area (Å²) in [6, 6.07) is 0. The third-order valence-electron chi connectivity index (χ3n) is 8.30. The van der Waals surface area contributed by atoms with Crippen LogP contribution in [0.1, 0.15) is 58.8 Å². The van der Waals surface area contributed by atoms with E-state index < -0.39 is 34.7 Å². The number of hydrogen-bond donors (Lipinski definition) is 2. The highest BCUT2D eigenvalue weighted by atomic mass is 32.1. The second kappa shape index (κ2) is 7.69. The molecule has 31 heavy (non-hydrogen) atoms. The van der Waals surface area contributed by atoms with Crippen molar-refractivity contribution in [1.29, 1.82) is 0 Å². The molecule has 0 aromatic rings. The van der Waals surface area contributed by atoms with Crippen molar-refractivity contribution in [1.82, 2.24) is 0 Å². The number of hydrogen-bond acceptors (Lipinski definition) is 5. The van der Waals surface area contributed by atoms with Crippen LogP contribution in [0.15, 0.2) is 35.6 Å². The first-order valence-corrected chi connectivity index (χ1v) is 11.3. The van der Waals surface area contributed by atoms with Crippen LogP contribution < -0.4 is 0 Å². The third kappa shape index (κ3) is 3.63. The predicted molar refractivity (Wildman–Crippen MR) is 116 cm³/mol. The zero-order valence-corrected chi connectivity index (χ0v) is 18.8. The van der Waals surface area contributed by atoms with Crippen LogP contribution in [0.5, 0.6) is 0 Å². The van der Waals surface area contributed by atoms with Crippen LogP contribution in [-0.4, -0.2) is 33.7 Å². The van der Waals surface area contributed by atoms with Crippen molar-refractivity contribution in [3.63, 3.8) is 0 Å². The minimum absolute atomic E-state index is 0.0622. The fourth-order valence-electron chi connectivity index (χ4n) is 6.51. The van der Waals surface area contributed by atoms with Gasteiger partial charge in [0.15, 0.2) is 5.78 Å². The van der Waals surface area contributed by atoms with Gasteiger partial charge in [-0.1, -0.05) is 18.6 Å². The summed E-state index contributed by atoms with van der Waals surface area (Å²) in [7, 11) is 0. The van der Waals surface area contributed by atoms with Gasteiger partial charge in [0.1, 0.15) is 11.8 Å². The highest BCUT2D eigenvalue weighted by Crippen LogP contribution is 2.68. The second-order valence-corrected chi connectivity index (χ2v) is 10.5. The number of halogens is 1. The first kappa shape index (κ1) is 22.5. The van der Waals surface area contributed by atoms with E-state index in [1.165, 1.54) is 12.3 Å². The molecular formula is C24H29FO5S. The van der Waals surface area contributed by atoms with E-state index in [0.717, 1.165) is 30.4 Å². The predicted octanol–water partition coefficient (Wildman–Crippen LogP) is 4.02. The van der Waals surface area contributed by atoms with Gasteiger partial charge in [0.2, 0.25) is 5.12 Å². The smallest absolute Gasteiger partial charge is 0.313 e. The molecule has 4 aliphatic rings. The van der Waals surface area contributed by atoms with Crippen LogP contribution in [0.25, 0.3) is 0 Å². The SMILES string of the molecule is C[C@]12CC[C@@]3(F)[C@@H](CCC4=CC(=O)C=C[C@@]43C)[C@@H]1CC(=COC(=O)CC(O)C(=O)S)C2. The van der Waals surface area contributed by atoms with Crippen molar-refractivity contribution in [2.75, 3.05) is 0 Å². The van der Waals surface area contributed by atoms with E-state index in [0.29, 0.717) is 19.3 Å². The van der Waals surface area contributed by atoms with Gasteiger partial charge in [0.25, 0.3) is 0 Å². The number of esters is 1. The standard InChI is InChI=1S/C24H29FO5S/c1-22-7-8-24(25)17(4-3-15-10-16(26)5-6-23(15,24)2)18(22)9-14(12-22)13-30-20(28)11-19(27)21(29)31/h5-6,10,13,17-19,27H,3-4,7-9,11-12H2,1-2H3,(H,29,31)/t17-,18-,19?,22+,23-,24+/m0/s1. The summed E-state index contributed by atoms with van der Waals surface area (Å²) in [5.41, 5.74) is -0.355. The molecule has 0 saturated heterocycles. The first-order valence-electron chi connectivity index (χ1n) is 10.9. The van der Waals surface area contributed by atoms with Gasteiger partial charge in [0.05, 0.1) is 12.7 Å². The summed E-state index contributed by atoms with van der Waals surface area (Å²) in [5, 5.41) is 8.69. The van der Waals surface area contributed by atoms with Crippen LogP contribution in [-0.2, 0) is 19.1 Å². The average Bonchev–Trinajstić information content (AvgIpc) is 3.04. The maximum atomic E-state index is 16.8. The number of rotatable bonds is 4. The Labute approximate surface area is 187 Å². The van der Waals surface area contributed by atoms with Gasteiger partial charge < -0.3 is 9.84 Å². The van der Waals surface area contributed by atoms with Crippen molar-refractivity contribution < 1.29 is 28.6 Å². The zero-order valence-electron chi connectivity index (χ0n) is 17.9. The number of ketones is 1. The molecule has 1 unspecified atom stereocenters. The molecule has 0 spiro atoms. The van der Waals surface area contributed by atoms with Gasteiger partial charge >= 0.3 is 5.97 Å². The number of fused-ring (bicyclic) bond motifs is 5. The van der Waals surface area contributed by atoms with E-state index in [1.54, 1.807) is 12.2 Å². The van der Waals surface area contributed by atoms with Gasteiger partial charge in [-0.25, -0.2) is 4.39 Å². The Morgan fingerprint density at radius 1 is 1.35 bits per heavy atom. The molecule has 0 bridgehead atoms. The van der Waals surface area contributed by atoms with E-state index in [4.69, 9.17) is 4.74 Å². The fraction of sp³-hybridized carbons (Fsp3) is 0.625. The van der Waals surface area contributed by atoms with Crippen molar-refractivity contribution >= 4 is 29.5 Å². The quantitative estimate of drug-likeness (QED) is 0.386. The molecule has 6 atom stereocenters. The Bertz CT molecular complexity index is 923. The number of carbonyl (C=O) groups is 3. The van der Waals surface area contributed by atoms with Crippen molar-refractivity contribution in [2.24, 2.45) is 22.7 Å². The third-order valence-corrected chi connectivity index (χ3v) is 8.59. The summed E-state index contributed by atoms with van der Waals surface area (Å²) in [4.78, 5) is 34.7. The van der Waals surface area contributed by atoms with Crippen LogP contribution >= 0.6 is 12.6 Å². The Morgan fingerprint density at radius 2 is 2.10 bits per heavy atom. The molecule has 0 aromatic heterocycles. The lowest BCUT2D eigenvalue weighted by atomic mass is 9.47. The molecule has 3 saturated carbocycles. The Kier molecular flexibility index (Phi) is 5.58. The molecule has 4 rings (SSSR count). The maximum Gasteiger partial charge on any atom is 0.313 e.